The van der Waals surface area contributed by atoms with Crippen LogP contribution in [0.15, 0.2) is 64.2 Å². The van der Waals surface area contributed by atoms with Crippen molar-refractivity contribution in [1.82, 2.24) is 18.7 Å². The Bertz CT molecular complexity index is 1370. The molecule has 0 N–H and O–H groups in total. The minimum atomic E-state index is -0.333. The highest BCUT2D eigenvalue weighted by atomic mass is 35.5. The molecule has 0 unspecified atom stereocenters. The van der Waals surface area contributed by atoms with Crippen LogP contribution in [0.25, 0.3) is 11.2 Å². The maximum Gasteiger partial charge on any atom is 0.332 e. The van der Waals surface area contributed by atoms with Crippen LogP contribution < -0.4 is 16.1 Å². The van der Waals surface area contributed by atoms with Gasteiger partial charge in [0.15, 0.2) is 11.2 Å². The molecular weight excluding hydrogens is 414 g/mol. The molecule has 8 heteroatoms. The van der Waals surface area contributed by atoms with Gasteiger partial charge in [0, 0.05) is 37.4 Å². The second-order valence-corrected chi connectivity index (χ2v) is 8.19. The SMILES string of the molecule is Cn1c(=O)n(CCCc2ccccc2)c(=O)c2c1nc1n2CCN1c1ccc(Cl)cc1. The van der Waals surface area contributed by atoms with Crippen LogP contribution in [-0.4, -0.2) is 25.2 Å². The fraction of sp³-hybridized carbons (Fsp3) is 0.261. The van der Waals surface area contributed by atoms with Gasteiger partial charge in [-0.25, -0.2) is 4.79 Å². The van der Waals surface area contributed by atoms with Gasteiger partial charge in [-0.15, -0.1) is 0 Å². The third-order valence-corrected chi connectivity index (χ3v) is 6.08. The molecule has 7 nitrogen and oxygen atoms in total. The summed E-state index contributed by atoms with van der Waals surface area (Å²) in [5.41, 5.74) is 2.43. The van der Waals surface area contributed by atoms with Crippen LogP contribution in [-0.2, 0) is 26.6 Å². The Morgan fingerprint density at radius 1 is 1.00 bits per heavy atom. The number of benzene rings is 2. The maximum absolute atomic E-state index is 13.3. The first-order valence-corrected chi connectivity index (χ1v) is 10.7. The lowest BCUT2D eigenvalue weighted by Crippen LogP contribution is -2.39. The fourth-order valence-corrected chi connectivity index (χ4v) is 4.35. The molecule has 0 fully saturated rings. The van der Waals surface area contributed by atoms with Gasteiger partial charge in [-0.1, -0.05) is 41.9 Å². The largest absolute Gasteiger partial charge is 0.332 e. The third kappa shape index (κ3) is 3.35. The van der Waals surface area contributed by atoms with Gasteiger partial charge < -0.3 is 9.47 Å². The van der Waals surface area contributed by atoms with Crippen molar-refractivity contribution >= 4 is 34.4 Å². The molecule has 158 valence electrons. The van der Waals surface area contributed by atoms with Crippen LogP contribution in [0.4, 0.5) is 11.6 Å². The number of aromatic nitrogens is 4. The Hall–Kier alpha value is -3.32. The number of hydrogen-bond acceptors (Lipinski definition) is 4. The van der Waals surface area contributed by atoms with Crippen molar-refractivity contribution in [1.29, 1.82) is 0 Å². The molecule has 0 saturated heterocycles. The van der Waals surface area contributed by atoms with Crippen molar-refractivity contribution in [3.8, 4) is 0 Å². The molecule has 31 heavy (non-hydrogen) atoms. The van der Waals surface area contributed by atoms with Crippen LogP contribution in [0.2, 0.25) is 5.02 Å². The van der Waals surface area contributed by atoms with Crippen LogP contribution in [0.5, 0.6) is 0 Å². The summed E-state index contributed by atoms with van der Waals surface area (Å²) in [5, 5.41) is 0.664. The van der Waals surface area contributed by atoms with E-state index in [1.165, 1.54) is 14.7 Å². The predicted molar refractivity (Wildman–Crippen MR) is 122 cm³/mol. The summed E-state index contributed by atoms with van der Waals surface area (Å²) < 4.78 is 4.73. The Morgan fingerprint density at radius 3 is 2.48 bits per heavy atom. The second-order valence-electron chi connectivity index (χ2n) is 7.75. The van der Waals surface area contributed by atoms with E-state index in [0.717, 1.165) is 12.1 Å². The number of anilines is 2. The monoisotopic (exact) mass is 435 g/mol. The molecule has 0 saturated carbocycles. The van der Waals surface area contributed by atoms with Gasteiger partial charge in [-0.2, -0.15) is 4.98 Å². The summed E-state index contributed by atoms with van der Waals surface area (Å²) in [6.45, 7) is 1.71. The second kappa shape index (κ2) is 7.74. The quantitative estimate of drug-likeness (QED) is 0.482. The number of nitrogens with zero attached hydrogens (tertiary/aromatic N) is 5. The van der Waals surface area contributed by atoms with Crippen molar-refractivity contribution in [2.45, 2.75) is 25.9 Å². The van der Waals surface area contributed by atoms with Gasteiger partial charge in [0.1, 0.15) is 0 Å². The molecule has 1 aliphatic rings. The summed E-state index contributed by atoms with van der Waals surface area (Å²) in [6.07, 6.45) is 1.52. The molecule has 2 aromatic heterocycles. The molecule has 3 heterocycles. The number of halogens is 1. The molecule has 0 bridgehead atoms. The minimum Gasteiger partial charge on any atom is -0.310 e. The first-order valence-electron chi connectivity index (χ1n) is 10.3. The summed E-state index contributed by atoms with van der Waals surface area (Å²) in [4.78, 5) is 32.9. The van der Waals surface area contributed by atoms with Crippen LogP contribution >= 0.6 is 11.6 Å². The Kier molecular flexibility index (Phi) is 4.90. The molecule has 2 aromatic carbocycles. The highest BCUT2D eigenvalue weighted by Gasteiger charge is 2.28. The number of hydrogen-bond donors (Lipinski definition) is 0. The first kappa shape index (κ1) is 19.6. The van der Waals surface area contributed by atoms with Crippen molar-refractivity contribution < 1.29 is 0 Å². The molecular formula is C23H22ClN5O2. The lowest BCUT2D eigenvalue weighted by atomic mass is 10.1. The normalized spacial score (nSPS) is 13.2. The van der Waals surface area contributed by atoms with E-state index < -0.39 is 0 Å². The fourth-order valence-electron chi connectivity index (χ4n) is 4.23. The molecule has 5 rings (SSSR count). The number of imidazole rings is 1. The van der Waals surface area contributed by atoms with Crippen LogP contribution in [0.3, 0.4) is 0 Å². The molecule has 4 aromatic rings. The standard InChI is InChI=1S/C23H22ClN5O2/c1-26-20-19(21(30)29(23(26)31)13-5-8-16-6-3-2-4-7-16)28-15-14-27(22(28)25-20)18-11-9-17(24)10-12-18/h2-4,6-7,9-12H,5,8,13-15H2,1H3. The van der Waals surface area contributed by atoms with Gasteiger partial charge >= 0.3 is 5.69 Å². The molecule has 0 radical (unpaired) electrons. The third-order valence-electron chi connectivity index (χ3n) is 5.83. The molecule has 0 spiro atoms. The molecule has 0 atom stereocenters. The van der Waals surface area contributed by atoms with E-state index in [4.69, 9.17) is 11.6 Å². The Balaban J connectivity index is 1.52. The van der Waals surface area contributed by atoms with Crippen LogP contribution in [0.1, 0.15) is 12.0 Å². The van der Waals surface area contributed by atoms with Crippen molar-refractivity contribution in [2.24, 2.45) is 7.05 Å². The summed E-state index contributed by atoms with van der Waals surface area (Å²) >= 11 is 6.02. The minimum absolute atomic E-state index is 0.275. The van der Waals surface area contributed by atoms with Crippen molar-refractivity contribution in [3.63, 3.8) is 0 Å². The highest BCUT2D eigenvalue weighted by Crippen LogP contribution is 2.32. The number of rotatable bonds is 5. The Morgan fingerprint density at radius 2 is 1.74 bits per heavy atom. The number of aryl methyl sites for hydroxylation is 2. The molecule has 0 amide bonds. The van der Waals surface area contributed by atoms with E-state index >= 15 is 0 Å². The summed E-state index contributed by atoms with van der Waals surface area (Å²) in [5.74, 6) is 0.673. The van der Waals surface area contributed by atoms with Gasteiger partial charge in [0.05, 0.1) is 0 Å². The average Bonchev–Trinajstić information content (AvgIpc) is 3.35. The van der Waals surface area contributed by atoms with E-state index in [1.54, 1.807) is 7.05 Å². The summed E-state index contributed by atoms with van der Waals surface area (Å²) in [6, 6.07) is 17.6. The number of fused-ring (bicyclic) bond motifs is 3. The van der Waals surface area contributed by atoms with Gasteiger partial charge in [0.2, 0.25) is 5.95 Å². The molecule has 1 aliphatic heterocycles. The predicted octanol–water partition coefficient (Wildman–Crippen LogP) is 3.33. The lowest BCUT2D eigenvalue weighted by molar-refractivity contribution is 0.570. The topological polar surface area (TPSA) is 65.1 Å². The average molecular weight is 436 g/mol. The van der Waals surface area contributed by atoms with E-state index in [1.807, 2.05) is 51.9 Å². The van der Waals surface area contributed by atoms with Crippen molar-refractivity contribution in [2.75, 3.05) is 11.4 Å². The lowest BCUT2D eigenvalue weighted by Gasteiger charge is -2.15. The summed E-state index contributed by atoms with van der Waals surface area (Å²) in [7, 11) is 1.67. The highest BCUT2D eigenvalue weighted by molar-refractivity contribution is 6.30. The maximum atomic E-state index is 13.3. The van der Waals surface area contributed by atoms with E-state index in [-0.39, 0.29) is 11.2 Å². The van der Waals surface area contributed by atoms with Gasteiger partial charge in [0.25, 0.3) is 5.56 Å². The van der Waals surface area contributed by atoms with Gasteiger partial charge in [-0.05, 0) is 42.7 Å². The zero-order valence-electron chi connectivity index (χ0n) is 17.2. The zero-order valence-corrected chi connectivity index (χ0v) is 17.9. The van der Waals surface area contributed by atoms with E-state index in [0.29, 0.717) is 48.2 Å². The van der Waals surface area contributed by atoms with Crippen molar-refractivity contribution in [3.05, 3.63) is 86.0 Å². The van der Waals surface area contributed by atoms with E-state index in [9.17, 15) is 9.59 Å². The Labute approximate surface area is 183 Å². The first-order chi connectivity index (χ1) is 15.0. The molecule has 0 aliphatic carbocycles. The van der Waals surface area contributed by atoms with Crippen LogP contribution in [0, 0.1) is 0 Å². The smallest absolute Gasteiger partial charge is 0.310 e. The zero-order chi connectivity index (χ0) is 21.5. The van der Waals surface area contributed by atoms with Gasteiger partial charge in [-0.3, -0.25) is 13.9 Å². The van der Waals surface area contributed by atoms with E-state index in [2.05, 4.69) is 17.1 Å².